The van der Waals surface area contributed by atoms with Crippen LogP contribution in [0.1, 0.15) is 131 Å². The summed E-state index contributed by atoms with van der Waals surface area (Å²) in [6.45, 7) is 10.3. The largest absolute Gasteiger partial charge is 0.393 e. The summed E-state index contributed by atoms with van der Waals surface area (Å²) in [5.74, 6) is -1.32. The molecular weight excluding hydrogens is 1300 g/mol. The van der Waals surface area contributed by atoms with Crippen LogP contribution in [0.5, 0.6) is 0 Å². The maximum absolute atomic E-state index is 12.4. The van der Waals surface area contributed by atoms with E-state index < -0.39 is 134 Å². The Bertz CT molecular complexity index is 3390. The molecule has 0 unspecified atom stereocenters. The van der Waals surface area contributed by atoms with Crippen LogP contribution in [0.25, 0.3) is 0 Å². The third kappa shape index (κ3) is 14.2. The highest BCUT2D eigenvalue weighted by molar-refractivity contribution is 6.28. The van der Waals surface area contributed by atoms with Crippen molar-refractivity contribution < 1.29 is 102 Å². The van der Waals surface area contributed by atoms with Crippen molar-refractivity contribution in [1.82, 2.24) is 0 Å². The minimum absolute atomic E-state index is 0.0318. The minimum Gasteiger partial charge on any atom is -0.393 e. The minimum atomic E-state index is -1.04. The number of ketones is 2. The van der Waals surface area contributed by atoms with E-state index in [0.29, 0.717) is 80.0 Å². The Morgan fingerprint density at radius 2 is 1.01 bits per heavy atom. The first-order valence-corrected chi connectivity index (χ1v) is 37.0. The summed E-state index contributed by atoms with van der Waals surface area (Å²) >= 11 is 0. The summed E-state index contributed by atoms with van der Waals surface area (Å²) in [5, 5.41) is 65.9. The second-order valence-electron chi connectivity index (χ2n) is 30.8. The molecule has 546 valence electrons. The molecule has 0 amide bonds. The van der Waals surface area contributed by atoms with Crippen LogP contribution in [0.4, 0.5) is 0 Å². The summed E-state index contributed by atoms with van der Waals surface area (Å²) in [4.78, 5) is 24.2. The molecule has 0 radical (unpaired) electrons. The van der Waals surface area contributed by atoms with Gasteiger partial charge in [-0.1, -0.05) is 173 Å². The fourth-order valence-electron chi connectivity index (χ4n) is 18.3. The van der Waals surface area contributed by atoms with Gasteiger partial charge >= 0.3 is 0 Å². The molecule has 21 heteroatoms. The third-order valence-electron chi connectivity index (χ3n) is 24.1. The smallest absolute Gasteiger partial charge is 0.194 e. The number of carbonyl (C=O) groups is 2. The first kappa shape index (κ1) is 71.5. The van der Waals surface area contributed by atoms with Crippen molar-refractivity contribution >= 4 is 11.6 Å². The number of ether oxygens (including phenoxy) is 13. The third-order valence-corrected chi connectivity index (χ3v) is 24.1. The second kappa shape index (κ2) is 30.1. The molecule has 0 bridgehead atoms. The zero-order valence-electron chi connectivity index (χ0n) is 58.0. The number of rotatable bonds is 3. The van der Waals surface area contributed by atoms with Gasteiger partial charge in [0.05, 0.1) is 129 Å². The van der Waals surface area contributed by atoms with E-state index in [4.69, 9.17) is 61.6 Å². The van der Waals surface area contributed by atoms with E-state index in [1.807, 2.05) is 86.7 Å². The molecule has 1 spiro atoms. The van der Waals surface area contributed by atoms with Crippen molar-refractivity contribution in [3.05, 3.63) is 168 Å². The van der Waals surface area contributed by atoms with E-state index in [2.05, 4.69) is 32.9 Å². The van der Waals surface area contributed by atoms with Crippen molar-refractivity contribution in [2.45, 2.75) is 275 Å². The van der Waals surface area contributed by atoms with E-state index in [9.17, 15) is 40.2 Å². The number of aliphatic hydroxyl groups excluding tert-OH is 6. The van der Waals surface area contributed by atoms with Crippen LogP contribution in [-0.2, 0) is 61.6 Å². The molecule has 9 fully saturated rings. The number of benzene rings is 3. The SMILES string of the molecule is C[C@@H]1C[C@@H]2O[C@@H]3[C@@H](C)[C@H](O)[C@@H]4O[C@]5(C[C@H](O)CO5)[C@@H](C)[C@H](C)[C@H]4O[C@H]3C[C@H]2O[C@H]2C[C@H]3O[C@H]4C/C=C\C[C@H]5O[C@H]6C=C[C@H]7O[C@H]8[C@H](O)[C@H]9O[C@@H](/C=C/[C@H](O)CO)C=CC[C@@H]9O[C@@H]8C[C@@H]7O[C@@H]6C=C[C@@H]5O[C@@H]4C[C@@H](O)[C@]3(C)O[C@@H]2C1.O=C1c2ccccc2C(=O)c2ccccc21.c1ccccc1. The molecule has 14 aliphatic rings. The van der Waals surface area contributed by atoms with Gasteiger partial charge in [-0.25, -0.2) is 0 Å². The van der Waals surface area contributed by atoms with Gasteiger partial charge in [0.2, 0.25) is 0 Å². The number of aliphatic hydroxyl groups is 6. The van der Waals surface area contributed by atoms with Crippen molar-refractivity contribution in [3.63, 3.8) is 0 Å². The summed E-state index contributed by atoms with van der Waals surface area (Å²) < 4.78 is 89.0. The Morgan fingerprint density at radius 1 is 0.475 bits per heavy atom. The van der Waals surface area contributed by atoms with Gasteiger partial charge in [0.1, 0.15) is 54.4 Å². The lowest BCUT2D eigenvalue weighted by molar-refractivity contribution is -0.339. The Kier molecular flexibility index (Phi) is 21.3. The van der Waals surface area contributed by atoms with Crippen molar-refractivity contribution in [2.24, 2.45) is 23.7 Å². The van der Waals surface area contributed by atoms with Gasteiger partial charge in [-0.15, -0.1) is 0 Å². The van der Waals surface area contributed by atoms with Gasteiger partial charge in [0.25, 0.3) is 0 Å². The van der Waals surface area contributed by atoms with Crippen LogP contribution in [0.15, 0.2) is 146 Å². The van der Waals surface area contributed by atoms with Gasteiger partial charge in [-0.3, -0.25) is 9.59 Å². The lowest BCUT2D eigenvalue weighted by Gasteiger charge is -2.53. The zero-order chi connectivity index (χ0) is 70.0. The van der Waals surface area contributed by atoms with Crippen LogP contribution in [-0.4, -0.2) is 232 Å². The van der Waals surface area contributed by atoms with E-state index in [1.54, 1.807) is 54.6 Å². The van der Waals surface area contributed by atoms with Crippen molar-refractivity contribution in [2.75, 3.05) is 13.2 Å². The van der Waals surface area contributed by atoms with Crippen LogP contribution < -0.4 is 0 Å². The predicted octanol–water partition coefficient (Wildman–Crippen LogP) is 7.12. The van der Waals surface area contributed by atoms with Crippen LogP contribution in [0.2, 0.25) is 0 Å². The molecular formula is C80H100O21. The van der Waals surface area contributed by atoms with Gasteiger partial charge < -0.3 is 92.2 Å². The predicted molar refractivity (Wildman–Crippen MR) is 365 cm³/mol. The first-order valence-electron chi connectivity index (χ1n) is 37.0. The van der Waals surface area contributed by atoms with Crippen molar-refractivity contribution in [3.8, 4) is 0 Å². The molecule has 0 saturated carbocycles. The van der Waals surface area contributed by atoms with Crippen LogP contribution in [0, 0.1) is 23.7 Å². The van der Waals surface area contributed by atoms with Gasteiger partial charge in [-0.05, 0) is 50.9 Å². The lowest BCUT2D eigenvalue weighted by atomic mass is 9.75. The fraction of sp³-hybridized carbons (Fsp3) is 0.625. The van der Waals surface area contributed by atoms with Crippen LogP contribution in [0.3, 0.4) is 0 Å². The number of hydrogen-bond acceptors (Lipinski definition) is 21. The molecule has 9 saturated heterocycles. The van der Waals surface area contributed by atoms with E-state index >= 15 is 0 Å². The lowest BCUT2D eigenvalue weighted by Crippen LogP contribution is -2.63. The topological polar surface area (TPSA) is 276 Å². The molecule has 33 atom stereocenters. The monoisotopic (exact) mass is 1400 g/mol. The average molecular weight is 1400 g/mol. The molecule has 101 heavy (non-hydrogen) atoms. The Labute approximate surface area is 590 Å². The Hall–Kier alpha value is -5.06. The standard InChI is InChI=1S/C60H86O19.C14H8O2.C6H6/c1-28-19-42-44(22-48-54(76-42)30(3)52(65)58-55(77-48)29(2)31(4)60(79-58)25-33(63)27-67-60)73-46-24-51-59(5,78-47(46)20-28)50(64)23-45-36(74-51)11-7-6-10-35-37(71-45)15-16-39-38(69-35)17-18-40-43(70-39)21-49-57(75-40)53(66)56-41(72-49)12-8-9-34(68-56)14-13-32(62)26-61;15-13-9-5-1-2-6-10(9)14(16)12-8-4-3-7-11(12)13;1-2-4-6-5-3-1/h6-9,13-18,28-58,61-66H,10-12,19-27H2,1-5H3;1-8H;1-6H/b7-6-,14-13+;;/t28-,29+,30+,31+,32+,33+,34-,35-,36+,37+,38+,39-,40-,41+,42+,43+,44-,45-,46+,47-,48+,49-,50-,51-,52+,53-,54-,55-,56+,57-,58+,59+,60-;;/m1../s1. The molecule has 3 aromatic rings. The molecule has 21 nitrogen and oxygen atoms in total. The van der Waals surface area contributed by atoms with Gasteiger partial charge in [0.15, 0.2) is 17.4 Å². The van der Waals surface area contributed by atoms with Crippen molar-refractivity contribution in [1.29, 1.82) is 0 Å². The highest BCUT2D eigenvalue weighted by Crippen LogP contribution is 2.52. The highest BCUT2D eigenvalue weighted by Gasteiger charge is 2.63. The van der Waals surface area contributed by atoms with E-state index in [1.165, 1.54) is 6.08 Å². The molecule has 0 aromatic heterocycles. The molecule has 1 aliphatic carbocycles. The summed E-state index contributed by atoms with van der Waals surface area (Å²) in [6, 6.07) is 25.9. The quantitative estimate of drug-likeness (QED) is 0.111. The maximum atomic E-state index is 12.4. The highest BCUT2D eigenvalue weighted by atomic mass is 16.7. The summed E-state index contributed by atoms with van der Waals surface area (Å²) in [6.07, 6.45) is 10.5. The van der Waals surface area contributed by atoms with E-state index in [0.717, 1.165) is 6.42 Å². The number of hydrogen-bond donors (Lipinski definition) is 6. The Balaban J connectivity index is 0.000000317. The normalized spacial score (nSPS) is 47.0. The molecule has 3 aromatic carbocycles. The second-order valence-corrected chi connectivity index (χ2v) is 30.8. The first-order chi connectivity index (χ1) is 48.8. The summed E-state index contributed by atoms with van der Waals surface area (Å²) in [7, 11) is 0. The summed E-state index contributed by atoms with van der Waals surface area (Å²) in [5.41, 5.74) is 0.980. The zero-order valence-corrected chi connectivity index (χ0v) is 58.0. The number of carbonyl (C=O) groups excluding carboxylic acids is 2. The van der Waals surface area contributed by atoms with Gasteiger partial charge in [0, 0.05) is 66.2 Å². The molecule has 6 N–H and O–H groups in total. The number of fused-ring (bicyclic) bond motifs is 13. The fourth-order valence-corrected chi connectivity index (χ4v) is 18.3. The average Bonchev–Trinajstić information content (AvgIpc) is 1.66. The maximum Gasteiger partial charge on any atom is 0.194 e. The van der Waals surface area contributed by atoms with Crippen LogP contribution >= 0.6 is 0 Å². The molecule has 17 rings (SSSR count). The molecule has 13 aliphatic heterocycles. The molecule has 13 heterocycles. The van der Waals surface area contributed by atoms with Gasteiger partial charge in [-0.2, -0.15) is 0 Å². The van der Waals surface area contributed by atoms with E-state index in [-0.39, 0.29) is 90.7 Å². The Morgan fingerprint density at radius 3 is 1.66 bits per heavy atom.